The van der Waals surface area contributed by atoms with Gasteiger partial charge in [0.15, 0.2) is 0 Å². The van der Waals surface area contributed by atoms with Crippen LogP contribution in [0.3, 0.4) is 0 Å². The predicted octanol–water partition coefficient (Wildman–Crippen LogP) is 3.88. The molecule has 4 heterocycles. The van der Waals surface area contributed by atoms with Crippen molar-refractivity contribution >= 4 is 22.6 Å². The number of hydrogen-bond donors (Lipinski definition) is 0. The standard InChI is InChI=1S/C25H26N4O2/c1-17-10-13-27(14-11-17)25(31)21-15-20-23(29(21)16-19-8-4-3-5-9-19)26-22-18(2)7-6-12-28(22)24(20)30/h3-9,12,15,17H,10-11,13-14,16H2,1-2H3. The highest BCUT2D eigenvalue weighted by atomic mass is 16.2. The lowest BCUT2D eigenvalue weighted by Gasteiger charge is -2.30. The maximum absolute atomic E-state index is 13.5. The number of nitrogens with zero attached hydrogens (tertiary/aromatic N) is 4. The zero-order valence-electron chi connectivity index (χ0n) is 17.9. The summed E-state index contributed by atoms with van der Waals surface area (Å²) in [6, 6.07) is 15.5. The molecule has 1 fully saturated rings. The first-order chi connectivity index (χ1) is 15.0. The van der Waals surface area contributed by atoms with E-state index in [9.17, 15) is 9.59 Å². The van der Waals surface area contributed by atoms with Gasteiger partial charge in [-0.1, -0.05) is 43.3 Å². The van der Waals surface area contributed by atoms with Crippen LogP contribution in [0.5, 0.6) is 0 Å². The van der Waals surface area contributed by atoms with Crippen LogP contribution in [0.15, 0.2) is 59.5 Å². The number of carbonyl (C=O) groups is 1. The number of fused-ring (bicyclic) bond motifs is 2. The van der Waals surface area contributed by atoms with Crippen molar-refractivity contribution in [3.63, 3.8) is 0 Å². The molecular formula is C25H26N4O2. The molecule has 31 heavy (non-hydrogen) atoms. The maximum Gasteiger partial charge on any atom is 0.270 e. The van der Waals surface area contributed by atoms with Crippen LogP contribution in [0.2, 0.25) is 0 Å². The van der Waals surface area contributed by atoms with Gasteiger partial charge in [0.05, 0.1) is 5.39 Å². The third kappa shape index (κ3) is 3.42. The van der Waals surface area contributed by atoms with Crippen molar-refractivity contribution in [3.05, 3.63) is 81.9 Å². The molecule has 1 aliphatic heterocycles. The number of pyridine rings is 1. The molecule has 5 rings (SSSR count). The minimum atomic E-state index is -0.142. The summed E-state index contributed by atoms with van der Waals surface area (Å²) >= 11 is 0. The van der Waals surface area contributed by atoms with Gasteiger partial charge in [-0.2, -0.15) is 0 Å². The van der Waals surface area contributed by atoms with Crippen molar-refractivity contribution in [3.8, 4) is 0 Å². The number of rotatable bonds is 3. The number of likely N-dealkylation sites (tertiary alicyclic amines) is 1. The van der Waals surface area contributed by atoms with Crippen molar-refractivity contribution in [2.75, 3.05) is 13.1 Å². The van der Waals surface area contributed by atoms with E-state index in [0.29, 0.717) is 34.8 Å². The second kappa shape index (κ2) is 7.69. The molecule has 3 aromatic heterocycles. The van der Waals surface area contributed by atoms with Crippen molar-refractivity contribution in [2.24, 2.45) is 5.92 Å². The molecule has 0 atom stereocenters. The lowest BCUT2D eigenvalue weighted by atomic mass is 9.99. The quantitative estimate of drug-likeness (QED) is 0.511. The average molecular weight is 415 g/mol. The number of benzene rings is 1. The summed E-state index contributed by atoms with van der Waals surface area (Å²) in [5, 5.41) is 0.479. The minimum Gasteiger partial charge on any atom is -0.337 e. The van der Waals surface area contributed by atoms with Gasteiger partial charge in [-0.15, -0.1) is 0 Å². The van der Waals surface area contributed by atoms with E-state index in [2.05, 4.69) is 6.92 Å². The Labute approximate surface area is 180 Å². The van der Waals surface area contributed by atoms with Crippen LogP contribution in [0.4, 0.5) is 0 Å². The Balaban J connectivity index is 1.71. The third-order valence-electron chi connectivity index (χ3n) is 6.37. The van der Waals surface area contributed by atoms with Crippen LogP contribution in [0, 0.1) is 12.8 Å². The average Bonchev–Trinajstić information content (AvgIpc) is 3.14. The molecule has 1 saturated heterocycles. The van der Waals surface area contributed by atoms with E-state index < -0.39 is 0 Å². The zero-order chi connectivity index (χ0) is 21.5. The Morgan fingerprint density at radius 3 is 2.55 bits per heavy atom. The van der Waals surface area contributed by atoms with E-state index in [0.717, 1.165) is 37.1 Å². The largest absolute Gasteiger partial charge is 0.337 e. The van der Waals surface area contributed by atoms with Crippen LogP contribution in [0.25, 0.3) is 16.7 Å². The smallest absolute Gasteiger partial charge is 0.270 e. The Kier molecular flexibility index (Phi) is 4.85. The molecule has 0 spiro atoms. The fourth-order valence-electron chi connectivity index (χ4n) is 4.44. The number of amides is 1. The van der Waals surface area contributed by atoms with Gasteiger partial charge in [0.25, 0.3) is 11.5 Å². The highest BCUT2D eigenvalue weighted by Gasteiger charge is 2.26. The molecule has 6 heteroatoms. The molecule has 4 aromatic rings. The minimum absolute atomic E-state index is 0.0222. The SMILES string of the molecule is Cc1cccn2c(=O)c3cc(C(=O)N4CCC(C)CC4)n(Cc4ccccc4)c3nc12. The Hall–Kier alpha value is -3.41. The number of aryl methyl sites for hydroxylation is 1. The molecular weight excluding hydrogens is 388 g/mol. The second-order valence-electron chi connectivity index (χ2n) is 8.62. The molecule has 0 saturated carbocycles. The van der Waals surface area contributed by atoms with E-state index >= 15 is 0 Å². The predicted molar refractivity (Wildman–Crippen MR) is 122 cm³/mol. The normalized spacial score (nSPS) is 15.1. The van der Waals surface area contributed by atoms with Crippen LogP contribution in [-0.4, -0.2) is 37.8 Å². The first kappa shape index (κ1) is 19.5. The van der Waals surface area contributed by atoms with Crippen LogP contribution < -0.4 is 5.56 Å². The Morgan fingerprint density at radius 2 is 1.81 bits per heavy atom. The van der Waals surface area contributed by atoms with E-state index in [-0.39, 0.29) is 11.5 Å². The van der Waals surface area contributed by atoms with Gasteiger partial charge in [0, 0.05) is 25.8 Å². The monoisotopic (exact) mass is 414 g/mol. The number of aromatic nitrogens is 3. The van der Waals surface area contributed by atoms with E-state index in [4.69, 9.17) is 4.98 Å². The zero-order valence-corrected chi connectivity index (χ0v) is 17.9. The Morgan fingerprint density at radius 1 is 1.06 bits per heavy atom. The second-order valence-corrected chi connectivity index (χ2v) is 8.62. The molecule has 1 amide bonds. The topological polar surface area (TPSA) is 59.6 Å². The van der Waals surface area contributed by atoms with Gasteiger partial charge in [-0.3, -0.25) is 14.0 Å². The molecule has 0 N–H and O–H groups in total. The molecule has 0 bridgehead atoms. The van der Waals surface area contributed by atoms with Crippen LogP contribution >= 0.6 is 0 Å². The third-order valence-corrected chi connectivity index (χ3v) is 6.37. The molecule has 0 unspecified atom stereocenters. The highest BCUT2D eigenvalue weighted by molar-refractivity contribution is 5.98. The lowest BCUT2D eigenvalue weighted by molar-refractivity contribution is 0.0687. The first-order valence-corrected chi connectivity index (χ1v) is 10.9. The van der Waals surface area contributed by atoms with Crippen molar-refractivity contribution in [2.45, 2.75) is 33.2 Å². The fraction of sp³-hybridized carbons (Fsp3) is 0.320. The van der Waals surface area contributed by atoms with Gasteiger partial charge < -0.3 is 9.47 Å². The Bertz CT molecular complexity index is 1330. The lowest BCUT2D eigenvalue weighted by Crippen LogP contribution is -2.38. The number of carbonyl (C=O) groups excluding carboxylic acids is 1. The molecule has 0 aliphatic carbocycles. The van der Waals surface area contributed by atoms with Crippen molar-refractivity contribution in [1.82, 2.24) is 18.9 Å². The molecule has 1 aliphatic rings. The van der Waals surface area contributed by atoms with Gasteiger partial charge in [0.2, 0.25) is 0 Å². The molecule has 158 valence electrons. The number of piperidine rings is 1. The van der Waals surface area contributed by atoms with Gasteiger partial charge >= 0.3 is 0 Å². The summed E-state index contributed by atoms with van der Waals surface area (Å²) in [6.45, 7) is 6.16. The summed E-state index contributed by atoms with van der Waals surface area (Å²) in [6.07, 6.45) is 3.75. The summed E-state index contributed by atoms with van der Waals surface area (Å²) in [4.78, 5) is 33.6. The van der Waals surface area contributed by atoms with Crippen molar-refractivity contribution in [1.29, 1.82) is 0 Å². The van der Waals surface area contributed by atoms with Gasteiger partial charge in [0.1, 0.15) is 17.0 Å². The van der Waals surface area contributed by atoms with E-state index in [1.54, 1.807) is 16.7 Å². The van der Waals surface area contributed by atoms with Gasteiger partial charge in [-0.05, 0) is 48.9 Å². The van der Waals surface area contributed by atoms with Crippen molar-refractivity contribution < 1.29 is 4.79 Å². The van der Waals surface area contributed by atoms with E-state index in [1.807, 2.05) is 58.9 Å². The van der Waals surface area contributed by atoms with Crippen LogP contribution in [-0.2, 0) is 6.54 Å². The fourth-order valence-corrected chi connectivity index (χ4v) is 4.44. The van der Waals surface area contributed by atoms with E-state index in [1.165, 1.54) is 0 Å². The van der Waals surface area contributed by atoms with Crippen LogP contribution in [0.1, 0.15) is 41.4 Å². The molecule has 0 radical (unpaired) electrons. The maximum atomic E-state index is 13.5. The summed E-state index contributed by atoms with van der Waals surface area (Å²) in [5.41, 5.74) is 3.57. The summed E-state index contributed by atoms with van der Waals surface area (Å²) in [7, 11) is 0. The summed E-state index contributed by atoms with van der Waals surface area (Å²) < 4.78 is 3.49. The molecule has 1 aromatic carbocycles. The molecule has 6 nitrogen and oxygen atoms in total. The highest BCUT2D eigenvalue weighted by Crippen LogP contribution is 2.23. The summed E-state index contributed by atoms with van der Waals surface area (Å²) in [5.74, 6) is 0.616. The first-order valence-electron chi connectivity index (χ1n) is 10.9. The van der Waals surface area contributed by atoms with Gasteiger partial charge in [-0.25, -0.2) is 4.98 Å². The number of hydrogen-bond acceptors (Lipinski definition) is 3.